The minimum atomic E-state index is 0.932. The van der Waals surface area contributed by atoms with Gasteiger partial charge < -0.3 is 0 Å². The van der Waals surface area contributed by atoms with E-state index in [1.807, 2.05) is 0 Å². The molecule has 0 bridgehead atoms. The molecule has 5 aromatic carbocycles. The maximum Gasteiger partial charge on any atom is 0.0754 e. The van der Waals surface area contributed by atoms with Crippen LogP contribution in [0.1, 0.15) is 44.5 Å². The summed E-state index contributed by atoms with van der Waals surface area (Å²) in [6.07, 6.45) is 3.73. The van der Waals surface area contributed by atoms with Gasteiger partial charge in [0, 0.05) is 47.9 Å². The lowest BCUT2D eigenvalue weighted by Gasteiger charge is -2.17. The Labute approximate surface area is 268 Å². The van der Waals surface area contributed by atoms with E-state index in [9.17, 15) is 0 Å². The van der Waals surface area contributed by atoms with E-state index in [1.165, 1.54) is 89.0 Å². The van der Waals surface area contributed by atoms with Crippen molar-refractivity contribution in [2.75, 3.05) is 0 Å². The zero-order chi connectivity index (χ0) is 29.9. The molecule has 2 aromatic heterocycles. The SMILES string of the molecule is c1ccc2c(c1)Cc1c-2nc2c(c1-c1ccc(-c3c4c(nc5c3Cc3ccccc3-5)-c3ccccc3C4)cc1)Cc1ccccc1-2. The Morgan fingerprint density at radius 2 is 0.565 bits per heavy atom. The predicted molar refractivity (Wildman–Crippen MR) is 186 cm³/mol. The Kier molecular flexibility index (Phi) is 4.82. The summed E-state index contributed by atoms with van der Waals surface area (Å²) in [6.45, 7) is 0. The summed E-state index contributed by atoms with van der Waals surface area (Å²) in [5.41, 5.74) is 26.1. The van der Waals surface area contributed by atoms with E-state index in [-0.39, 0.29) is 0 Å². The van der Waals surface area contributed by atoms with Gasteiger partial charge >= 0.3 is 0 Å². The average Bonchev–Trinajstić information content (AvgIpc) is 3.86. The first kappa shape index (κ1) is 24.7. The van der Waals surface area contributed by atoms with Crippen molar-refractivity contribution in [1.82, 2.24) is 9.97 Å². The van der Waals surface area contributed by atoms with E-state index in [0.717, 1.165) is 48.5 Å². The molecule has 0 amide bonds. The molecule has 214 valence electrons. The van der Waals surface area contributed by atoms with Gasteiger partial charge in [-0.1, -0.05) is 121 Å². The van der Waals surface area contributed by atoms with Crippen LogP contribution >= 0.6 is 0 Å². The first-order chi connectivity index (χ1) is 22.8. The molecule has 11 rings (SSSR count). The highest BCUT2D eigenvalue weighted by Gasteiger charge is 2.33. The molecule has 0 spiro atoms. The molecular weight excluding hydrogens is 556 g/mol. The van der Waals surface area contributed by atoms with Crippen molar-refractivity contribution < 1.29 is 0 Å². The number of nitrogens with zero attached hydrogens (tertiary/aromatic N) is 2. The summed E-state index contributed by atoms with van der Waals surface area (Å²) in [6, 6.07) is 44.8. The van der Waals surface area contributed by atoms with E-state index in [4.69, 9.17) is 9.97 Å². The summed E-state index contributed by atoms with van der Waals surface area (Å²) < 4.78 is 0. The van der Waals surface area contributed by atoms with Crippen LogP contribution in [0, 0.1) is 0 Å². The number of fused-ring (bicyclic) bond motifs is 12. The van der Waals surface area contributed by atoms with Crippen molar-refractivity contribution in [2.45, 2.75) is 25.7 Å². The Bertz CT molecular complexity index is 2150. The normalized spacial score (nSPS) is 13.7. The van der Waals surface area contributed by atoms with Crippen LogP contribution in [0.25, 0.3) is 67.3 Å². The highest BCUT2D eigenvalue weighted by atomic mass is 14.8. The standard InChI is InChI=1S/C44H28N2/c1-5-13-31-27(9-1)21-35-39(36-22-28-10-2-6-14-32(28)42(36)45-41(31)35)25-17-19-26(20-18-25)40-37-23-29-11-3-7-15-33(29)43(37)46-44-34-16-8-4-12-30(34)24-38(40)44/h1-20H,21-24H2. The zero-order valence-corrected chi connectivity index (χ0v) is 25.3. The van der Waals surface area contributed by atoms with Crippen molar-refractivity contribution >= 4 is 0 Å². The molecule has 4 aliphatic rings. The molecule has 2 nitrogen and oxygen atoms in total. The first-order valence-electron chi connectivity index (χ1n) is 16.4. The van der Waals surface area contributed by atoms with Crippen LogP contribution in [0.5, 0.6) is 0 Å². The third-order valence-electron chi connectivity index (χ3n) is 10.8. The van der Waals surface area contributed by atoms with Crippen molar-refractivity contribution in [2.24, 2.45) is 0 Å². The van der Waals surface area contributed by atoms with Gasteiger partial charge in [-0.15, -0.1) is 0 Å². The first-order valence-corrected chi connectivity index (χ1v) is 16.4. The topological polar surface area (TPSA) is 25.8 Å². The van der Waals surface area contributed by atoms with Gasteiger partial charge in [0.1, 0.15) is 0 Å². The van der Waals surface area contributed by atoms with Crippen LogP contribution in [0.2, 0.25) is 0 Å². The largest absolute Gasteiger partial charge is 0.247 e. The van der Waals surface area contributed by atoms with Crippen LogP contribution in [0.15, 0.2) is 121 Å². The number of rotatable bonds is 2. The van der Waals surface area contributed by atoms with E-state index in [0.29, 0.717) is 0 Å². The molecule has 0 fully saturated rings. The molecule has 7 aromatic rings. The fourth-order valence-electron chi connectivity index (χ4n) is 8.80. The van der Waals surface area contributed by atoms with Gasteiger partial charge in [-0.3, -0.25) is 0 Å². The molecule has 46 heavy (non-hydrogen) atoms. The van der Waals surface area contributed by atoms with Gasteiger partial charge in [0.15, 0.2) is 0 Å². The van der Waals surface area contributed by atoms with E-state index in [2.05, 4.69) is 121 Å². The number of hydrogen-bond donors (Lipinski definition) is 0. The van der Waals surface area contributed by atoms with Crippen molar-refractivity contribution in [3.05, 3.63) is 166 Å². The van der Waals surface area contributed by atoms with Gasteiger partial charge in [-0.05, 0) is 66.8 Å². The molecule has 0 N–H and O–H groups in total. The smallest absolute Gasteiger partial charge is 0.0754 e. The summed E-state index contributed by atoms with van der Waals surface area (Å²) in [4.78, 5) is 10.8. The molecule has 0 atom stereocenters. The van der Waals surface area contributed by atoms with Crippen LogP contribution in [0.3, 0.4) is 0 Å². The third kappa shape index (κ3) is 3.26. The van der Waals surface area contributed by atoms with Crippen molar-refractivity contribution in [1.29, 1.82) is 0 Å². The lowest BCUT2D eigenvalue weighted by molar-refractivity contribution is 1.18. The Hall–Kier alpha value is -5.60. The summed E-state index contributed by atoms with van der Waals surface area (Å²) in [5, 5.41) is 0. The Balaban J connectivity index is 1.11. The fourth-order valence-corrected chi connectivity index (χ4v) is 8.80. The maximum absolute atomic E-state index is 5.38. The fraction of sp³-hybridized carbons (Fsp3) is 0.0909. The van der Waals surface area contributed by atoms with Gasteiger partial charge in [-0.2, -0.15) is 0 Å². The van der Waals surface area contributed by atoms with Crippen molar-refractivity contribution in [3.8, 4) is 67.3 Å². The minimum Gasteiger partial charge on any atom is -0.247 e. The van der Waals surface area contributed by atoms with Gasteiger partial charge in [0.25, 0.3) is 0 Å². The summed E-state index contributed by atoms with van der Waals surface area (Å²) in [5.74, 6) is 0. The van der Waals surface area contributed by atoms with Crippen LogP contribution in [0.4, 0.5) is 0 Å². The van der Waals surface area contributed by atoms with Crippen LogP contribution in [-0.4, -0.2) is 9.97 Å². The molecule has 2 heteroatoms. The van der Waals surface area contributed by atoms with Crippen molar-refractivity contribution in [3.63, 3.8) is 0 Å². The average molecular weight is 585 g/mol. The Morgan fingerprint density at radius 1 is 0.304 bits per heavy atom. The van der Waals surface area contributed by atoms with Crippen LogP contribution < -0.4 is 0 Å². The quantitative estimate of drug-likeness (QED) is 0.202. The van der Waals surface area contributed by atoms with Gasteiger partial charge in [0.05, 0.1) is 22.8 Å². The molecule has 0 aliphatic heterocycles. The van der Waals surface area contributed by atoms with Crippen LogP contribution in [-0.2, 0) is 25.7 Å². The number of pyridine rings is 2. The maximum atomic E-state index is 5.38. The number of benzene rings is 5. The van der Waals surface area contributed by atoms with E-state index in [1.54, 1.807) is 0 Å². The third-order valence-corrected chi connectivity index (χ3v) is 10.8. The molecule has 2 heterocycles. The lowest BCUT2D eigenvalue weighted by atomic mass is 9.88. The monoisotopic (exact) mass is 584 g/mol. The second-order valence-electron chi connectivity index (χ2n) is 13.2. The zero-order valence-electron chi connectivity index (χ0n) is 25.3. The Morgan fingerprint density at radius 3 is 0.848 bits per heavy atom. The molecule has 0 saturated carbocycles. The summed E-state index contributed by atoms with van der Waals surface area (Å²) in [7, 11) is 0. The van der Waals surface area contributed by atoms with Gasteiger partial charge in [-0.25, -0.2) is 9.97 Å². The molecule has 0 saturated heterocycles. The number of aromatic nitrogens is 2. The predicted octanol–water partition coefficient (Wildman–Crippen LogP) is 10.1. The van der Waals surface area contributed by atoms with Gasteiger partial charge in [0.2, 0.25) is 0 Å². The molecule has 0 unspecified atom stereocenters. The molecule has 4 aliphatic carbocycles. The minimum absolute atomic E-state index is 0.932. The molecular formula is C44H28N2. The van der Waals surface area contributed by atoms with E-state index >= 15 is 0 Å². The highest BCUT2D eigenvalue weighted by Crippen LogP contribution is 2.51. The molecule has 0 radical (unpaired) electrons. The second-order valence-corrected chi connectivity index (χ2v) is 13.2. The number of hydrogen-bond acceptors (Lipinski definition) is 2. The second kappa shape index (κ2) is 8.99. The van der Waals surface area contributed by atoms with E-state index < -0.39 is 0 Å². The summed E-state index contributed by atoms with van der Waals surface area (Å²) >= 11 is 0. The lowest BCUT2D eigenvalue weighted by Crippen LogP contribution is -2.00. The highest BCUT2D eigenvalue weighted by molar-refractivity contribution is 5.94.